The number of thiocarbonyl (C=S) groups is 1. The Morgan fingerprint density at radius 3 is 2.52 bits per heavy atom. The Hall–Kier alpha value is -1.94. The molecule has 0 saturated carbocycles. The van der Waals surface area contributed by atoms with Crippen LogP contribution < -0.4 is 10.6 Å². The highest BCUT2D eigenvalue weighted by Crippen LogP contribution is 2.17. The van der Waals surface area contributed by atoms with E-state index in [1.165, 1.54) is 16.7 Å². The van der Waals surface area contributed by atoms with E-state index in [4.69, 9.17) is 12.2 Å². The van der Waals surface area contributed by atoms with Gasteiger partial charge in [-0.3, -0.25) is 0 Å². The van der Waals surface area contributed by atoms with Crippen LogP contribution in [0.15, 0.2) is 36.5 Å². The molecule has 0 saturated heterocycles. The molecule has 0 bridgehead atoms. The molecule has 1 aromatic carbocycles. The standard InChI is InChI=1S/C17H21N3S/c1-11-7-8-15(10-13(11)3)14(4)19-17(21)20-16-12(2)6-5-9-18-16/h5-10,14H,1-4H3,(H2,18,19,20,21)/t14-/m1/s1. The van der Waals surface area contributed by atoms with Gasteiger partial charge in [-0.1, -0.05) is 24.3 Å². The minimum Gasteiger partial charge on any atom is -0.356 e. The predicted octanol–water partition coefficient (Wildman–Crippen LogP) is 4.05. The van der Waals surface area contributed by atoms with Gasteiger partial charge in [0.05, 0.1) is 6.04 Å². The molecule has 0 aliphatic carbocycles. The number of nitrogens with zero attached hydrogens (tertiary/aromatic N) is 1. The van der Waals surface area contributed by atoms with Gasteiger partial charge in [-0.2, -0.15) is 0 Å². The van der Waals surface area contributed by atoms with E-state index in [-0.39, 0.29) is 6.04 Å². The summed E-state index contributed by atoms with van der Waals surface area (Å²) in [6, 6.07) is 10.5. The molecule has 0 amide bonds. The second-order valence-corrected chi connectivity index (χ2v) is 5.74. The van der Waals surface area contributed by atoms with Crippen molar-refractivity contribution in [2.45, 2.75) is 33.7 Å². The molecule has 21 heavy (non-hydrogen) atoms. The van der Waals surface area contributed by atoms with E-state index in [0.29, 0.717) is 5.11 Å². The minimum absolute atomic E-state index is 0.147. The van der Waals surface area contributed by atoms with Gasteiger partial charge in [0.15, 0.2) is 5.11 Å². The average Bonchev–Trinajstić information content (AvgIpc) is 2.44. The first-order valence-corrected chi connectivity index (χ1v) is 7.44. The third kappa shape index (κ3) is 4.02. The Labute approximate surface area is 131 Å². The van der Waals surface area contributed by atoms with E-state index >= 15 is 0 Å². The van der Waals surface area contributed by atoms with Crippen LogP contribution in [-0.2, 0) is 0 Å². The third-order valence-corrected chi connectivity index (χ3v) is 3.84. The summed E-state index contributed by atoms with van der Waals surface area (Å²) in [5.41, 5.74) is 4.89. The Bertz CT molecular complexity index is 652. The minimum atomic E-state index is 0.147. The van der Waals surface area contributed by atoms with Crippen molar-refractivity contribution >= 4 is 23.1 Å². The number of anilines is 1. The Balaban J connectivity index is 2.02. The summed E-state index contributed by atoms with van der Waals surface area (Å²) in [7, 11) is 0. The zero-order valence-corrected chi connectivity index (χ0v) is 13.7. The molecule has 2 rings (SSSR count). The predicted molar refractivity (Wildman–Crippen MR) is 92.7 cm³/mol. The average molecular weight is 299 g/mol. The van der Waals surface area contributed by atoms with Crippen molar-refractivity contribution in [2.24, 2.45) is 0 Å². The van der Waals surface area contributed by atoms with Gasteiger partial charge < -0.3 is 10.6 Å². The van der Waals surface area contributed by atoms with Crippen LogP contribution in [0.1, 0.15) is 35.2 Å². The van der Waals surface area contributed by atoms with Crippen LogP contribution in [0, 0.1) is 20.8 Å². The lowest BCUT2D eigenvalue weighted by Gasteiger charge is -2.18. The smallest absolute Gasteiger partial charge is 0.172 e. The molecule has 4 heteroatoms. The maximum atomic E-state index is 5.37. The number of aryl methyl sites for hydroxylation is 3. The summed E-state index contributed by atoms with van der Waals surface area (Å²) in [6.45, 7) is 8.35. The summed E-state index contributed by atoms with van der Waals surface area (Å²) in [5.74, 6) is 0.794. The fourth-order valence-corrected chi connectivity index (χ4v) is 2.35. The van der Waals surface area contributed by atoms with Gasteiger partial charge in [-0.05, 0) is 68.2 Å². The fourth-order valence-electron chi connectivity index (χ4n) is 2.07. The van der Waals surface area contributed by atoms with E-state index in [1.807, 2.05) is 19.1 Å². The molecule has 1 atom stereocenters. The fraction of sp³-hybridized carbons (Fsp3) is 0.294. The third-order valence-electron chi connectivity index (χ3n) is 3.62. The van der Waals surface area contributed by atoms with Crippen molar-refractivity contribution in [3.05, 3.63) is 58.8 Å². The molecular weight excluding hydrogens is 278 g/mol. The summed E-state index contributed by atoms with van der Waals surface area (Å²) in [4.78, 5) is 4.29. The van der Waals surface area contributed by atoms with Crippen molar-refractivity contribution in [1.82, 2.24) is 10.3 Å². The monoisotopic (exact) mass is 299 g/mol. The number of benzene rings is 1. The topological polar surface area (TPSA) is 37.0 Å². The molecule has 110 valence electrons. The highest BCUT2D eigenvalue weighted by molar-refractivity contribution is 7.80. The number of rotatable bonds is 3. The van der Waals surface area contributed by atoms with E-state index < -0.39 is 0 Å². The van der Waals surface area contributed by atoms with Crippen molar-refractivity contribution in [1.29, 1.82) is 0 Å². The molecule has 0 aliphatic heterocycles. The largest absolute Gasteiger partial charge is 0.356 e. The quantitative estimate of drug-likeness (QED) is 0.838. The Morgan fingerprint density at radius 1 is 1.10 bits per heavy atom. The molecule has 0 unspecified atom stereocenters. The second-order valence-electron chi connectivity index (χ2n) is 5.33. The van der Waals surface area contributed by atoms with Crippen molar-refractivity contribution in [3.63, 3.8) is 0 Å². The van der Waals surface area contributed by atoms with E-state index in [9.17, 15) is 0 Å². The van der Waals surface area contributed by atoms with Crippen molar-refractivity contribution in [2.75, 3.05) is 5.32 Å². The Morgan fingerprint density at radius 2 is 1.86 bits per heavy atom. The highest BCUT2D eigenvalue weighted by atomic mass is 32.1. The lowest BCUT2D eigenvalue weighted by Crippen LogP contribution is -2.31. The van der Waals surface area contributed by atoms with Crippen LogP contribution in [0.5, 0.6) is 0 Å². The van der Waals surface area contributed by atoms with Gasteiger partial charge in [-0.15, -0.1) is 0 Å². The molecule has 2 aromatic rings. The molecule has 0 spiro atoms. The lowest BCUT2D eigenvalue weighted by atomic mass is 10.0. The van der Waals surface area contributed by atoms with Crippen LogP contribution in [0.4, 0.5) is 5.82 Å². The van der Waals surface area contributed by atoms with E-state index in [1.54, 1.807) is 6.20 Å². The SMILES string of the molecule is Cc1ccc([C@@H](C)NC(=S)Nc2ncccc2C)cc1C. The zero-order valence-electron chi connectivity index (χ0n) is 12.9. The van der Waals surface area contributed by atoms with E-state index in [0.717, 1.165) is 11.4 Å². The summed E-state index contributed by atoms with van der Waals surface area (Å²) in [5, 5.41) is 7.03. The molecule has 0 aliphatic rings. The second kappa shape index (κ2) is 6.68. The number of pyridine rings is 1. The van der Waals surface area contributed by atoms with Crippen molar-refractivity contribution in [3.8, 4) is 0 Å². The van der Waals surface area contributed by atoms with Gasteiger partial charge in [0.25, 0.3) is 0 Å². The van der Waals surface area contributed by atoms with Gasteiger partial charge >= 0.3 is 0 Å². The normalized spacial score (nSPS) is 11.8. The van der Waals surface area contributed by atoms with Crippen LogP contribution in [-0.4, -0.2) is 10.1 Å². The number of aromatic nitrogens is 1. The number of hydrogen-bond acceptors (Lipinski definition) is 2. The van der Waals surface area contributed by atoms with Crippen molar-refractivity contribution < 1.29 is 0 Å². The van der Waals surface area contributed by atoms with Crippen LogP contribution in [0.3, 0.4) is 0 Å². The molecular formula is C17H21N3S. The number of nitrogens with one attached hydrogen (secondary N) is 2. The van der Waals surface area contributed by atoms with Gasteiger partial charge in [-0.25, -0.2) is 4.98 Å². The van der Waals surface area contributed by atoms with Crippen LogP contribution in [0.2, 0.25) is 0 Å². The van der Waals surface area contributed by atoms with Crippen LogP contribution >= 0.6 is 12.2 Å². The first-order chi connectivity index (χ1) is 9.97. The highest BCUT2D eigenvalue weighted by Gasteiger charge is 2.09. The maximum Gasteiger partial charge on any atom is 0.172 e. The van der Waals surface area contributed by atoms with Gasteiger partial charge in [0, 0.05) is 6.20 Å². The first-order valence-electron chi connectivity index (χ1n) is 7.03. The summed E-state index contributed by atoms with van der Waals surface area (Å²) >= 11 is 5.37. The van der Waals surface area contributed by atoms with Gasteiger partial charge in [0.2, 0.25) is 0 Å². The molecule has 3 nitrogen and oxygen atoms in total. The molecule has 1 aromatic heterocycles. The maximum absolute atomic E-state index is 5.37. The zero-order chi connectivity index (χ0) is 15.4. The summed E-state index contributed by atoms with van der Waals surface area (Å²) in [6.07, 6.45) is 1.75. The summed E-state index contributed by atoms with van der Waals surface area (Å²) < 4.78 is 0. The Kier molecular flexibility index (Phi) is 4.91. The van der Waals surface area contributed by atoms with Gasteiger partial charge in [0.1, 0.15) is 5.82 Å². The molecule has 0 fully saturated rings. The molecule has 2 N–H and O–H groups in total. The van der Waals surface area contributed by atoms with E-state index in [2.05, 4.69) is 54.6 Å². The lowest BCUT2D eigenvalue weighted by molar-refractivity contribution is 0.721. The first kappa shape index (κ1) is 15.4. The number of hydrogen-bond donors (Lipinski definition) is 2. The molecule has 1 heterocycles. The van der Waals surface area contributed by atoms with Crippen LogP contribution in [0.25, 0.3) is 0 Å². The molecule has 0 radical (unpaired) electrons.